The van der Waals surface area contributed by atoms with Crippen molar-refractivity contribution >= 4 is 5.91 Å². The van der Waals surface area contributed by atoms with Crippen molar-refractivity contribution in [1.82, 2.24) is 19.7 Å². The monoisotopic (exact) mass is 288 g/mol. The van der Waals surface area contributed by atoms with Crippen molar-refractivity contribution in [2.45, 2.75) is 39.7 Å². The molecule has 6 heteroatoms. The molecule has 0 saturated carbocycles. The summed E-state index contributed by atoms with van der Waals surface area (Å²) in [7, 11) is 1.79. The number of aromatic nitrogens is 3. The number of amides is 1. The fourth-order valence-electron chi connectivity index (χ4n) is 2.61. The maximum absolute atomic E-state index is 12.6. The van der Waals surface area contributed by atoms with E-state index >= 15 is 0 Å². The molecule has 1 aliphatic heterocycles. The zero-order valence-electron chi connectivity index (χ0n) is 12.9. The molecule has 3 heterocycles. The number of rotatable bonds is 2. The van der Waals surface area contributed by atoms with E-state index in [9.17, 15) is 4.79 Å². The normalized spacial score (nSPS) is 14.6. The third kappa shape index (κ3) is 2.46. The minimum absolute atomic E-state index is 0.00199. The van der Waals surface area contributed by atoms with Gasteiger partial charge in [0, 0.05) is 25.9 Å². The van der Waals surface area contributed by atoms with E-state index in [1.54, 1.807) is 11.7 Å². The predicted octanol–water partition coefficient (Wildman–Crippen LogP) is 2.04. The fourth-order valence-corrected chi connectivity index (χ4v) is 2.61. The molecule has 2 aromatic heterocycles. The van der Waals surface area contributed by atoms with Gasteiger partial charge in [0.05, 0.1) is 12.2 Å². The molecule has 2 aromatic rings. The molecule has 0 aliphatic carbocycles. The van der Waals surface area contributed by atoms with E-state index in [1.807, 2.05) is 17.9 Å². The van der Waals surface area contributed by atoms with Gasteiger partial charge in [-0.2, -0.15) is 5.10 Å². The second kappa shape index (κ2) is 5.02. The van der Waals surface area contributed by atoms with Crippen LogP contribution in [-0.2, 0) is 20.0 Å². The lowest BCUT2D eigenvalue weighted by Gasteiger charge is -2.25. The van der Waals surface area contributed by atoms with E-state index in [0.717, 1.165) is 29.5 Å². The largest absolute Gasteiger partial charge is 0.445 e. The van der Waals surface area contributed by atoms with Gasteiger partial charge in [0.1, 0.15) is 17.1 Å². The molecule has 1 amide bonds. The average Bonchev–Trinajstić information content (AvgIpc) is 3.00. The summed E-state index contributed by atoms with van der Waals surface area (Å²) in [5.74, 6) is 1.94. The topological polar surface area (TPSA) is 64.2 Å². The van der Waals surface area contributed by atoms with Gasteiger partial charge in [-0.3, -0.25) is 9.48 Å². The van der Waals surface area contributed by atoms with E-state index in [0.29, 0.717) is 18.8 Å². The van der Waals surface area contributed by atoms with E-state index in [1.165, 1.54) is 0 Å². The molecule has 1 aliphatic rings. The minimum atomic E-state index is -0.00199. The highest BCUT2D eigenvalue weighted by molar-refractivity contribution is 5.92. The van der Waals surface area contributed by atoms with Gasteiger partial charge in [0.25, 0.3) is 5.91 Å². The SMILES string of the molecule is Cc1cc(C(=O)N2CCc3oc(C(C)C)nc3C2)n(C)n1. The molecule has 0 fully saturated rings. The highest BCUT2D eigenvalue weighted by Gasteiger charge is 2.28. The zero-order chi connectivity index (χ0) is 15.1. The van der Waals surface area contributed by atoms with Gasteiger partial charge in [0.2, 0.25) is 0 Å². The summed E-state index contributed by atoms with van der Waals surface area (Å²) in [6.45, 7) is 7.16. The molecule has 0 radical (unpaired) electrons. The van der Waals surface area contributed by atoms with Crippen molar-refractivity contribution in [1.29, 1.82) is 0 Å². The molecule has 6 nitrogen and oxygen atoms in total. The van der Waals surface area contributed by atoms with Crippen molar-refractivity contribution in [2.24, 2.45) is 7.05 Å². The Hall–Kier alpha value is -2.11. The van der Waals surface area contributed by atoms with E-state index in [2.05, 4.69) is 23.9 Å². The van der Waals surface area contributed by atoms with Crippen LogP contribution in [0.5, 0.6) is 0 Å². The van der Waals surface area contributed by atoms with Gasteiger partial charge >= 0.3 is 0 Å². The lowest BCUT2D eigenvalue weighted by molar-refractivity contribution is 0.0716. The van der Waals surface area contributed by atoms with E-state index < -0.39 is 0 Å². The Kier molecular flexibility index (Phi) is 3.31. The lowest BCUT2D eigenvalue weighted by atomic mass is 10.1. The number of oxazole rings is 1. The highest BCUT2D eigenvalue weighted by Crippen LogP contribution is 2.24. The summed E-state index contributed by atoms with van der Waals surface area (Å²) in [4.78, 5) is 18.9. The van der Waals surface area contributed by atoms with Gasteiger partial charge < -0.3 is 9.32 Å². The van der Waals surface area contributed by atoms with Gasteiger partial charge in [-0.15, -0.1) is 0 Å². The molecule has 0 unspecified atom stereocenters. The van der Waals surface area contributed by atoms with Crippen LogP contribution in [-0.4, -0.2) is 32.1 Å². The smallest absolute Gasteiger partial charge is 0.272 e. The first-order chi connectivity index (χ1) is 9.95. The Balaban J connectivity index is 1.82. The third-order valence-electron chi connectivity index (χ3n) is 3.75. The van der Waals surface area contributed by atoms with Crippen LogP contribution >= 0.6 is 0 Å². The first-order valence-corrected chi connectivity index (χ1v) is 7.24. The van der Waals surface area contributed by atoms with Crippen LogP contribution in [0.3, 0.4) is 0 Å². The quantitative estimate of drug-likeness (QED) is 0.848. The molecule has 21 heavy (non-hydrogen) atoms. The zero-order valence-corrected chi connectivity index (χ0v) is 12.9. The van der Waals surface area contributed by atoms with Gasteiger partial charge in [-0.25, -0.2) is 4.98 Å². The summed E-state index contributed by atoms with van der Waals surface area (Å²) in [6.07, 6.45) is 0.720. The second-order valence-corrected chi connectivity index (χ2v) is 5.85. The molecule has 0 bridgehead atoms. The molecule has 112 valence electrons. The Morgan fingerprint density at radius 3 is 2.81 bits per heavy atom. The van der Waals surface area contributed by atoms with Gasteiger partial charge in [-0.05, 0) is 13.0 Å². The predicted molar refractivity (Wildman–Crippen MR) is 77.0 cm³/mol. The van der Waals surface area contributed by atoms with Crippen LogP contribution < -0.4 is 0 Å². The van der Waals surface area contributed by atoms with Crippen molar-refractivity contribution in [3.05, 3.63) is 34.8 Å². The number of aryl methyl sites for hydroxylation is 2. The maximum Gasteiger partial charge on any atom is 0.272 e. The molecule has 3 rings (SSSR count). The Morgan fingerprint density at radius 1 is 1.43 bits per heavy atom. The summed E-state index contributed by atoms with van der Waals surface area (Å²) in [6, 6.07) is 1.82. The van der Waals surface area contributed by atoms with Gasteiger partial charge in [-0.1, -0.05) is 13.8 Å². The maximum atomic E-state index is 12.6. The second-order valence-electron chi connectivity index (χ2n) is 5.85. The van der Waals surface area contributed by atoms with Gasteiger partial charge in [0.15, 0.2) is 5.89 Å². The summed E-state index contributed by atoms with van der Waals surface area (Å²) < 4.78 is 7.40. The van der Waals surface area contributed by atoms with Crippen molar-refractivity contribution < 1.29 is 9.21 Å². The van der Waals surface area contributed by atoms with Crippen LogP contribution in [0.25, 0.3) is 0 Å². The Labute approximate surface area is 123 Å². The number of hydrogen-bond acceptors (Lipinski definition) is 4. The Bertz CT molecular complexity index is 684. The standard InChI is InChI=1S/C15H20N4O2/c1-9(2)14-16-11-8-19(6-5-13(11)21-14)15(20)12-7-10(3)17-18(12)4/h7,9H,5-6,8H2,1-4H3. The number of carbonyl (C=O) groups excluding carboxylic acids is 1. The third-order valence-corrected chi connectivity index (χ3v) is 3.75. The molecular weight excluding hydrogens is 268 g/mol. The highest BCUT2D eigenvalue weighted by atomic mass is 16.4. The molecule has 0 aromatic carbocycles. The number of fused-ring (bicyclic) bond motifs is 1. The van der Waals surface area contributed by atoms with Crippen molar-refractivity contribution in [3.8, 4) is 0 Å². The van der Waals surface area contributed by atoms with Crippen LogP contribution in [0.1, 0.15) is 53.3 Å². The van der Waals surface area contributed by atoms with Crippen LogP contribution in [0.15, 0.2) is 10.5 Å². The Morgan fingerprint density at radius 2 is 2.19 bits per heavy atom. The summed E-state index contributed by atoms with van der Waals surface area (Å²) in [5.41, 5.74) is 2.35. The van der Waals surface area contributed by atoms with E-state index in [4.69, 9.17) is 4.42 Å². The average molecular weight is 288 g/mol. The number of nitrogens with zero attached hydrogens (tertiary/aromatic N) is 4. The van der Waals surface area contributed by atoms with E-state index in [-0.39, 0.29) is 11.8 Å². The molecule has 0 saturated heterocycles. The number of carbonyl (C=O) groups is 1. The minimum Gasteiger partial charge on any atom is -0.445 e. The molecule has 0 N–H and O–H groups in total. The van der Waals surface area contributed by atoms with Crippen molar-refractivity contribution in [2.75, 3.05) is 6.54 Å². The first kappa shape index (κ1) is 13.9. The van der Waals surface area contributed by atoms with Crippen molar-refractivity contribution in [3.63, 3.8) is 0 Å². The van der Waals surface area contributed by atoms with Crippen LogP contribution in [0, 0.1) is 6.92 Å². The number of hydrogen-bond donors (Lipinski definition) is 0. The molecule has 0 spiro atoms. The summed E-state index contributed by atoms with van der Waals surface area (Å²) in [5, 5.41) is 4.23. The summed E-state index contributed by atoms with van der Waals surface area (Å²) >= 11 is 0. The lowest BCUT2D eigenvalue weighted by Crippen LogP contribution is -2.36. The van der Waals surface area contributed by atoms with Crippen LogP contribution in [0.4, 0.5) is 0 Å². The first-order valence-electron chi connectivity index (χ1n) is 7.24. The fraction of sp³-hybridized carbons (Fsp3) is 0.533. The molecular formula is C15H20N4O2. The van der Waals surface area contributed by atoms with Crippen LogP contribution in [0.2, 0.25) is 0 Å². The molecule has 0 atom stereocenters.